The Bertz CT molecular complexity index is 823. The number of amides is 2. The Balaban J connectivity index is 2.23. The minimum atomic E-state index is -0.635. The van der Waals surface area contributed by atoms with Gasteiger partial charge in [0, 0.05) is 30.0 Å². The highest BCUT2D eigenvalue weighted by Gasteiger charge is 2.18. The maximum atomic E-state index is 12.7. The van der Waals surface area contributed by atoms with E-state index >= 15 is 0 Å². The van der Waals surface area contributed by atoms with Crippen LogP contribution in [0.4, 0.5) is 11.4 Å². The molecule has 0 saturated heterocycles. The predicted molar refractivity (Wildman–Crippen MR) is 112 cm³/mol. The van der Waals surface area contributed by atoms with Gasteiger partial charge >= 0.3 is 0 Å². The number of benzene rings is 2. The quantitative estimate of drug-likeness (QED) is 0.634. The summed E-state index contributed by atoms with van der Waals surface area (Å²) in [4.78, 5) is 25.9. The van der Waals surface area contributed by atoms with E-state index in [1.165, 1.54) is 26.4 Å². The summed E-state index contributed by atoms with van der Waals surface area (Å²) >= 11 is 0. The fourth-order valence-corrected chi connectivity index (χ4v) is 2.84. The predicted octanol–water partition coefficient (Wildman–Crippen LogP) is 2.67. The van der Waals surface area contributed by atoms with Crippen LogP contribution in [0.25, 0.3) is 0 Å². The average Bonchev–Trinajstić information content (AvgIpc) is 2.73. The highest BCUT2D eigenvalue weighted by atomic mass is 16.5. The van der Waals surface area contributed by atoms with Gasteiger partial charge in [-0.1, -0.05) is 0 Å². The number of hydrogen-bond acceptors (Lipinski definition) is 6. The maximum Gasteiger partial charge on any atom is 0.255 e. The first-order chi connectivity index (χ1) is 13.9. The van der Waals surface area contributed by atoms with Gasteiger partial charge in [0.25, 0.3) is 11.8 Å². The number of anilines is 2. The van der Waals surface area contributed by atoms with Crippen LogP contribution < -0.4 is 30.2 Å². The Morgan fingerprint density at radius 3 is 2.00 bits per heavy atom. The molecule has 0 bridgehead atoms. The number of hydrogen-bond donors (Lipinski definition) is 2. The summed E-state index contributed by atoms with van der Waals surface area (Å²) in [5.41, 5.74) is 7.19. The van der Waals surface area contributed by atoms with E-state index in [-0.39, 0.29) is 29.8 Å². The third kappa shape index (κ3) is 5.54. The summed E-state index contributed by atoms with van der Waals surface area (Å²) in [6.07, 6.45) is 0. The maximum absolute atomic E-state index is 12.7. The molecule has 2 aromatic rings. The van der Waals surface area contributed by atoms with Crippen molar-refractivity contribution in [1.29, 1.82) is 0 Å². The molecule has 0 saturated carbocycles. The number of carbonyl (C=O) groups is 2. The molecule has 0 aliphatic heterocycles. The molecule has 29 heavy (non-hydrogen) atoms. The number of primary amides is 1. The van der Waals surface area contributed by atoms with Gasteiger partial charge in [-0.2, -0.15) is 0 Å². The second-order valence-corrected chi connectivity index (χ2v) is 6.14. The summed E-state index contributed by atoms with van der Waals surface area (Å²) < 4.78 is 15.9. The molecule has 0 aromatic heterocycles. The van der Waals surface area contributed by atoms with Gasteiger partial charge in [-0.05, 0) is 50.2 Å². The number of ether oxygens (including phenoxy) is 3. The summed E-state index contributed by atoms with van der Waals surface area (Å²) in [7, 11) is 2.86. The van der Waals surface area contributed by atoms with Gasteiger partial charge < -0.3 is 30.2 Å². The summed E-state index contributed by atoms with van der Waals surface area (Å²) in [5.74, 6) is -0.253. The van der Waals surface area contributed by atoms with E-state index < -0.39 is 5.91 Å². The van der Waals surface area contributed by atoms with E-state index in [1.54, 1.807) is 0 Å². The van der Waals surface area contributed by atoms with Gasteiger partial charge in [-0.3, -0.25) is 9.59 Å². The van der Waals surface area contributed by atoms with Gasteiger partial charge in [0.1, 0.15) is 0 Å². The smallest absolute Gasteiger partial charge is 0.255 e. The van der Waals surface area contributed by atoms with E-state index in [9.17, 15) is 9.59 Å². The highest BCUT2D eigenvalue weighted by Crippen LogP contribution is 2.38. The Labute approximate surface area is 170 Å². The van der Waals surface area contributed by atoms with Crippen LogP contribution in [0.5, 0.6) is 17.2 Å². The van der Waals surface area contributed by atoms with Crippen LogP contribution in [0.3, 0.4) is 0 Å². The zero-order valence-electron chi connectivity index (χ0n) is 17.2. The minimum Gasteiger partial charge on any atom is -0.493 e. The van der Waals surface area contributed by atoms with E-state index in [2.05, 4.69) is 24.1 Å². The first-order valence-corrected chi connectivity index (χ1v) is 9.26. The molecule has 156 valence electrons. The number of rotatable bonds is 10. The molecule has 2 amide bonds. The molecular weight excluding hydrogens is 374 g/mol. The zero-order chi connectivity index (χ0) is 21.4. The third-order valence-corrected chi connectivity index (χ3v) is 4.34. The summed E-state index contributed by atoms with van der Waals surface area (Å²) in [5, 5.41) is 2.85. The van der Waals surface area contributed by atoms with Crippen molar-refractivity contribution in [3.63, 3.8) is 0 Å². The fourth-order valence-electron chi connectivity index (χ4n) is 2.84. The molecule has 0 fully saturated rings. The number of carbonyl (C=O) groups excluding carboxylic acids is 2. The van der Waals surface area contributed by atoms with Crippen molar-refractivity contribution in [3.8, 4) is 17.2 Å². The second kappa shape index (κ2) is 10.2. The molecule has 3 N–H and O–H groups in total. The van der Waals surface area contributed by atoms with Gasteiger partial charge in [0.05, 0.1) is 14.2 Å². The molecule has 0 heterocycles. The third-order valence-electron chi connectivity index (χ3n) is 4.34. The van der Waals surface area contributed by atoms with Crippen molar-refractivity contribution in [2.45, 2.75) is 13.8 Å². The number of methoxy groups -OCH3 is 2. The highest BCUT2D eigenvalue weighted by molar-refractivity contribution is 6.05. The minimum absolute atomic E-state index is 0.203. The van der Waals surface area contributed by atoms with Crippen LogP contribution in [0.15, 0.2) is 36.4 Å². The van der Waals surface area contributed by atoms with Crippen LogP contribution in [-0.4, -0.2) is 45.7 Å². The standard InChI is InChI=1S/C21H27N3O5/c1-5-24(6-2)16-9-7-15(8-10-16)23-21(26)14-11-17(27-3)20(18(12-14)28-4)29-13-19(22)25/h7-12H,5-6,13H2,1-4H3,(H2,22,25)(H,23,26). The second-order valence-electron chi connectivity index (χ2n) is 6.14. The average molecular weight is 401 g/mol. The Hall–Kier alpha value is -3.42. The van der Waals surface area contributed by atoms with E-state index in [0.29, 0.717) is 11.3 Å². The normalized spacial score (nSPS) is 10.2. The van der Waals surface area contributed by atoms with Gasteiger partial charge in [-0.15, -0.1) is 0 Å². The zero-order valence-corrected chi connectivity index (χ0v) is 17.2. The van der Waals surface area contributed by atoms with Gasteiger partial charge in [-0.25, -0.2) is 0 Å². The number of nitrogens with two attached hydrogens (primary N) is 1. The largest absolute Gasteiger partial charge is 0.493 e. The lowest BCUT2D eigenvalue weighted by atomic mass is 10.1. The van der Waals surface area contributed by atoms with Crippen molar-refractivity contribution in [1.82, 2.24) is 0 Å². The first-order valence-electron chi connectivity index (χ1n) is 9.26. The molecule has 0 spiro atoms. The first kappa shape index (κ1) is 21.9. The number of nitrogens with one attached hydrogen (secondary N) is 1. The lowest BCUT2D eigenvalue weighted by molar-refractivity contribution is -0.120. The van der Waals surface area contributed by atoms with Crippen LogP contribution in [0.1, 0.15) is 24.2 Å². The topological polar surface area (TPSA) is 103 Å². The van der Waals surface area contributed by atoms with Crippen molar-refractivity contribution in [2.75, 3.05) is 44.1 Å². The van der Waals surface area contributed by atoms with Crippen molar-refractivity contribution < 1.29 is 23.8 Å². The van der Waals surface area contributed by atoms with Gasteiger partial charge in [0.2, 0.25) is 5.75 Å². The Morgan fingerprint density at radius 1 is 1.00 bits per heavy atom. The van der Waals surface area contributed by atoms with Crippen LogP contribution in [0.2, 0.25) is 0 Å². The Morgan fingerprint density at radius 2 is 1.55 bits per heavy atom. The van der Waals surface area contributed by atoms with Crippen molar-refractivity contribution in [3.05, 3.63) is 42.0 Å². The van der Waals surface area contributed by atoms with E-state index in [4.69, 9.17) is 19.9 Å². The molecule has 8 nitrogen and oxygen atoms in total. The monoisotopic (exact) mass is 401 g/mol. The molecule has 2 rings (SSSR count). The van der Waals surface area contributed by atoms with Crippen molar-refractivity contribution in [2.24, 2.45) is 5.73 Å². The lowest BCUT2D eigenvalue weighted by Gasteiger charge is -2.21. The SMILES string of the molecule is CCN(CC)c1ccc(NC(=O)c2cc(OC)c(OCC(N)=O)c(OC)c2)cc1. The molecule has 0 aliphatic rings. The number of nitrogens with zero attached hydrogens (tertiary/aromatic N) is 1. The van der Waals surface area contributed by atoms with Gasteiger partial charge in [0.15, 0.2) is 18.1 Å². The molecular formula is C21H27N3O5. The lowest BCUT2D eigenvalue weighted by Crippen LogP contribution is -2.21. The van der Waals surface area contributed by atoms with Crippen LogP contribution in [-0.2, 0) is 4.79 Å². The molecule has 2 aromatic carbocycles. The summed E-state index contributed by atoms with van der Waals surface area (Å²) in [6.45, 7) is 5.67. The summed E-state index contributed by atoms with van der Waals surface area (Å²) in [6, 6.07) is 10.7. The van der Waals surface area contributed by atoms with Crippen LogP contribution >= 0.6 is 0 Å². The molecule has 0 aliphatic carbocycles. The van der Waals surface area contributed by atoms with Crippen molar-refractivity contribution >= 4 is 23.2 Å². The molecule has 0 atom stereocenters. The Kier molecular flexibility index (Phi) is 7.70. The molecule has 0 unspecified atom stereocenters. The van der Waals surface area contributed by atoms with Crippen LogP contribution in [0, 0.1) is 0 Å². The fraction of sp³-hybridized carbons (Fsp3) is 0.333. The van der Waals surface area contributed by atoms with E-state index in [0.717, 1.165) is 18.8 Å². The molecule has 8 heteroatoms. The molecule has 0 radical (unpaired) electrons. The van der Waals surface area contributed by atoms with E-state index in [1.807, 2.05) is 24.3 Å².